The Labute approximate surface area is 125 Å². The molecule has 1 fully saturated rings. The molecule has 1 aromatic rings. The molecule has 1 aliphatic rings. The van der Waals surface area contributed by atoms with Gasteiger partial charge in [-0.15, -0.1) is 11.3 Å². The summed E-state index contributed by atoms with van der Waals surface area (Å²) < 4.78 is 0. The molecule has 5 heteroatoms. The number of nitrogens with zero attached hydrogens (tertiary/aromatic N) is 1. The average Bonchev–Trinajstić information content (AvgIpc) is 2.97. The van der Waals surface area contributed by atoms with Gasteiger partial charge >= 0.3 is 0 Å². The van der Waals surface area contributed by atoms with E-state index < -0.39 is 0 Å². The molecule has 1 aliphatic carbocycles. The maximum atomic E-state index is 12.2. The van der Waals surface area contributed by atoms with E-state index in [1.165, 1.54) is 43.4 Å². The number of nitrogens with one attached hydrogen (secondary N) is 1. The van der Waals surface area contributed by atoms with Crippen LogP contribution in [0.25, 0.3) is 0 Å². The number of carbonyl (C=O) groups is 1. The quantitative estimate of drug-likeness (QED) is 0.876. The molecule has 0 radical (unpaired) electrons. The lowest BCUT2D eigenvalue weighted by Gasteiger charge is -2.28. The first-order chi connectivity index (χ1) is 9.61. The number of rotatable bonds is 5. The molecule has 0 bridgehead atoms. The summed E-state index contributed by atoms with van der Waals surface area (Å²) >= 11 is 1.48. The molecule has 2 atom stereocenters. The standard InChI is InChI=1S/C15H25N3OS/c1-3-12(16)15-18-13(9-20-15)14(19)17-10(2)11-7-5-4-6-8-11/h9-12H,3-8,16H2,1-2H3,(H,17,19). The van der Waals surface area contributed by atoms with E-state index in [9.17, 15) is 4.79 Å². The van der Waals surface area contributed by atoms with Gasteiger partial charge in [0.1, 0.15) is 10.7 Å². The molecule has 1 heterocycles. The maximum absolute atomic E-state index is 12.2. The first kappa shape index (κ1) is 15.4. The van der Waals surface area contributed by atoms with Crippen LogP contribution in [0, 0.1) is 5.92 Å². The highest BCUT2D eigenvalue weighted by atomic mass is 32.1. The molecule has 112 valence electrons. The molecule has 1 amide bonds. The van der Waals surface area contributed by atoms with Crippen LogP contribution in [0.5, 0.6) is 0 Å². The van der Waals surface area contributed by atoms with Gasteiger partial charge in [-0.25, -0.2) is 4.98 Å². The van der Waals surface area contributed by atoms with Gasteiger partial charge in [0.25, 0.3) is 5.91 Å². The number of aromatic nitrogens is 1. The first-order valence-corrected chi connectivity index (χ1v) is 8.51. The Morgan fingerprint density at radius 2 is 2.20 bits per heavy atom. The Morgan fingerprint density at radius 1 is 1.50 bits per heavy atom. The molecule has 2 unspecified atom stereocenters. The van der Waals surface area contributed by atoms with E-state index in [0.717, 1.165) is 11.4 Å². The van der Waals surface area contributed by atoms with Crippen LogP contribution in [0.2, 0.25) is 0 Å². The van der Waals surface area contributed by atoms with Crippen LogP contribution < -0.4 is 11.1 Å². The normalized spacial score (nSPS) is 19.6. The van der Waals surface area contributed by atoms with Gasteiger partial charge in [0.2, 0.25) is 0 Å². The van der Waals surface area contributed by atoms with E-state index >= 15 is 0 Å². The van der Waals surface area contributed by atoms with Crippen LogP contribution in [0.4, 0.5) is 0 Å². The largest absolute Gasteiger partial charge is 0.348 e. The first-order valence-electron chi connectivity index (χ1n) is 7.63. The Morgan fingerprint density at radius 3 is 2.85 bits per heavy atom. The summed E-state index contributed by atoms with van der Waals surface area (Å²) in [6, 6.07) is 0.171. The molecule has 0 spiro atoms. The summed E-state index contributed by atoms with van der Waals surface area (Å²) in [4.78, 5) is 16.6. The fraction of sp³-hybridized carbons (Fsp3) is 0.733. The highest BCUT2D eigenvalue weighted by molar-refractivity contribution is 7.09. The number of amides is 1. The zero-order chi connectivity index (χ0) is 14.5. The molecule has 1 saturated carbocycles. The topological polar surface area (TPSA) is 68.0 Å². The molecule has 0 saturated heterocycles. The minimum Gasteiger partial charge on any atom is -0.348 e. The van der Waals surface area contributed by atoms with Crippen molar-refractivity contribution < 1.29 is 4.79 Å². The van der Waals surface area contributed by atoms with Crippen LogP contribution in [-0.2, 0) is 0 Å². The molecule has 1 aromatic heterocycles. The molecular formula is C15H25N3OS. The van der Waals surface area contributed by atoms with E-state index in [1.807, 2.05) is 12.3 Å². The van der Waals surface area contributed by atoms with Gasteiger partial charge < -0.3 is 11.1 Å². The summed E-state index contributed by atoms with van der Waals surface area (Å²) in [6.45, 7) is 4.13. The predicted octanol–water partition coefficient (Wildman–Crippen LogP) is 3.25. The molecule has 0 aromatic carbocycles. The summed E-state index contributed by atoms with van der Waals surface area (Å²) in [7, 11) is 0. The highest BCUT2D eigenvalue weighted by Gasteiger charge is 2.23. The Hall–Kier alpha value is -0.940. The maximum Gasteiger partial charge on any atom is 0.270 e. The fourth-order valence-electron chi connectivity index (χ4n) is 2.77. The van der Waals surface area contributed by atoms with Gasteiger partial charge in [0.15, 0.2) is 0 Å². The molecule has 3 N–H and O–H groups in total. The Balaban J connectivity index is 1.92. The summed E-state index contributed by atoms with van der Waals surface area (Å²) in [6.07, 6.45) is 7.21. The van der Waals surface area contributed by atoms with Gasteiger partial charge in [-0.05, 0) is 32.1 Å². The monoisotopic (exact) mass is 295 g/mol. The van der Waals surface area contributed by atoms with Gasteiger partial charge in [-0.2, -0.15) is 0 Å². The Kier molecular flexibility index (Phi) is 5.54. The van der Waals surface area contributed by atoms with Crippen LogP contribution in [0.15, 0.2) is 5.38 Å². The second kappa shape index (κ2) is 7.18. The van der Waals surface area contributed by atoms with Crippen molar-refractivity contribution in [2.24, 2.45) is 11.7 Å². The number of hydrogen-bond acceptors (Lipinski definition) is 4. The lowest BCUT2D eigenvalue weighted by molar-refractivity contribution is 0.0914. The van der Waals surface area contributed by atoms with Gasteiger partial charge in [-0.3, -0.25) is 4.79 Å². The van der Waals surface area contributed by atoms with Crippen LogP contribution >= 0.6 is 11.3 Å². The zero-order valence-corrected chi connectivity index (χ0v) is 13.2. The van der Waals surface area contributed by atoms with E-state index in [2.05, 4.69) is 17.2 Å². The van der Waals surface area contributed by atoms with Crippen LogP contribution in [-0.4, -0.2) is 16.9 Å². The minimum absolute atomic E-state index is 0.0580. The average molecular weight is 295 g/mol. The van der Waals surface area contributed by atoms with Gasteiger partial charge in [0.05, 0.1) is 6.04 Å². The second-order valence-electron chi connectivity index (χ2n) is 5.75. The lowest BCUT2D eigenvalue weighted by atomic mass is 9.84. The van der Waals surface area contributed by atoms with Crippen molar-refractivity contribution in [3.63, 3.8) is 0 Å². The molecule has 20 heavy (non-hydrogen) atoms. The number of carbonyl (C=O) groups excluding carboxylic acids is 1. The molecule has 2 rings (SSSR count). The number of hydrogen-bond donors (Lipinski definition) is 2. The van der Waals surface area contributed by atoms with Crippen molar-refractivity contribution in [2.75, 3.05) is 0 Å². The Bertz CT molecular complexity index is 440. The smallest absolute Gasteiger partial charge is 0.270 e. The number of nitrogens with two attached hydrogens (primary N) is 1. The van der Waals surface area contributed by atoms with Crippen molar-refractivity contribution in [3.05, 3.63) is 16.1 Å². The molecule has 0 aliphatic heterocycles. The van der Waals surface area contributed by atoms with E-state index in [4.69, 9.17) is 5.73 Å². The van der Waals surface area contributed by atoms with E-state index in [1.54, 1.807) is 0 Å². The van der Waals surface area contributed by atoms with E-state index in [-0.39, 0.29) is 18.0 Å². The summed E-state index contributed by atoms with van der Waals surface area (Å²) in [5.41, 5.74) is 6.45. The minimum atomic E-state index is -0.0612. The SMILES string of the molecule is CCC(N)c1nc(C(=O)NC(C)C2CCCCC2)cs1. The van der Waals surface area contributed by atoms with Crippen molar-refractivity contribution in [1.29, 1.82) is 0 Å². The highest BCUT2D eigenvalue weighted by Crippen LogP contribution is 2.26. The predicted molar refractivity (Wildman–Crippen MR) is 82.8 cm³/mol. The van der Waals surface area contributed by atoms with Crippen molar-refractivity contribution in [1.82, 2.24) is 10.3 Å². The van der Waals surface area contributed by atoms with Crippen LogP contribution in [0.1, 0.15) is 73.9 Å². The number of thiazole rings is 1. The molecule has 4 nitrogen and oxygen atoms in total. The fourth-order valence-corrected chi connectivity index (χ4v) is 3.65. The van der Waals surface area contributed by atoms with E-state index in [0.29, 0.717) is 11.6 Å². The van der Waals surface area contributed by atoms with Crippen molar-refractivity contribution >= 4 is 17.2 Å². The zero-order valence-electron chi connectivity index (χ0n) is 12.4. The third kappa shape index (κ3) is 3.79. The second-order valence-corrected chi connectivity index (χ2v) is 6.64. The van der Waals surface area contributed by atoms with Crippen LogP contribution in [0.3, 0.4) is 0 Å². The van der Waals surface area contributed by atoms with Crippen molar-refractivity contribution in [2.45, 2.75) is 64.5 Å². The third-order valence-electron chi connectivity index (χ3n) is 4.23. The van der Waals surface area contributed by atoms with Gasteiger partial charge in [-0.1, -0.05) is 26.2 Å². The third-order valence-corrected chi connectivity index (χ3v) is 5.20. The van der Waals surface area contributed by atoms with Gasteiger partial charge in [0, 0.05) is 11.4 Å². The summed E-state index contributed by atoms with van der Waals surface area (Å²) in [5.74, 6) is 0.553. The lowest BCUT2D eigenvalue weighted by Crippen LogP contribution is -2.39. The summed E-state index contributed by atoms with van der Waals surface area (Å²) in [5, 5.41) is 5.76. The molecular weight excluding hydrogens is 270 g/mol. The van der Waals surface area contributed by atoms with Crippen molar-refractivity contribution in [3.8, 4) is 0 Å².